The van der Waals surface area contributed by atoms with Crippen LogP contribution in [0.4, 0.5) is 0 Å². The lowest BCUT2D eigenvalue weighted by molar-refractivity contribution is 0.393. The number of hydrogen-bond acceptors (Lipinski definition) is 1. The van der Waals surface area contributed by atoms with Crippen molar-refractivity contribution in [1.29, 1.82) is 0 Å². The van der Waals surface area contributed by atoms with Crippen LogP contribution in [0.25, 0.3) is 0 Å². The average Bonchev–Trinajstić information content (AvgIpc) is 2.33. The van der Waals surface area contributed by atoms with Crippen LogP contribution >= 0.6 is 0 Å². The van der Waals surface area contributed by atoms with Gasteiger partial charge in [0.05, 0.1) is 0 Å². The van der Waals surface area contributed by atoms with Crippen LogP contribution in [0.15, 0.2) is 36.6 Å². The molecule has 0 aromatic rings. The van der Waals surface area contributed by atoms with Gasteiger partial charge >= 0.3 is 0 Å². The van der Waals surface area contributed by atoms with Gasteiger partial charge in [-0.3, -0.25) is 0 Å². The van der Waals surface area contributed by atoms with E-state index in [4.69, 9.17) is 0 Å². The predicted octanol–water partition coefficient (Wildman–Crippen LogP) is 4.92. The van der Waals surface area contributed by atoms with Crippen molar-refractivity contribution in [2.75, 3.05) is 13.1 Å². The van der Waals surface area contributed by atoms with Crippen molar-refractivity contribution in [2.45, 2.75) is 52.9 Å². The Morgan fingerprint density at radius 3 is 1.82 bits per heavy atom. The Morgan fingerprint density at radius 1 is 0.941 bits per heavy atom. The maximum atomic E-state index is 3.86. The van der Waals surface area contributed by atoms with Crippen LogP contribution in [-0.4, -0.2) is 18.0 Å². The molecular weight excluding hydrogens is 206 g/mol. The lowest BCUT2D eigenvalue weighted by Gasteiger charge is -2.28. The van der Waals surface area contributed by atoms with E-state index in [0.29, 0.717) is 0 Å². The Labute approximate surface area is 108 Å². The molecule has 98 valence electrons. The second-order valence-corrected chi connectivity index (χ2v) is 4.39. The van der Waals surface area contributed by atoms with Gasteiger partial charge in [0.1, 0.15) is 0 Å². The zero-order valence-electron chi connectivity index (χ0n) is 12.0. The standard InChI is InChI=1S/C16H29N/c1-6-11-15(10-5)16(12-7-2)17(13-8-3)14-9-4/h8-9H,3-4,6-7,10-14H2,1-2,5H3/b16-15+. The normalized spacial score (nSPS) is 11.9. The molecular formula is C16H29N. The molecule has 0 aliphatic rings. The van der Waals surface area contributed by atoms with Crippen LogP contribution in [0.3, 0.4) is 0 Å². The summed E-state index contributed by atoms with van der Waals surface area (Å²) in [6.07, 6.45) is 9.95. The summed E-state index contributed by atoms with van der Waals surface area (Å²) in [4.78, 5) is 2.41. The van der Waals surface area contributed by atoms with E-state index in [1.807, 2.05) is 12.2 Å². The third-order valence-electron chi connectivity index (χ3n) is 2.95. The minimum Gasteiger partial charge on any atom is -0.367 e. The van der Waals surface area contributed by atoms with Crippen LogP contribution in [-0.2, 0) is 0 Å². The van der Waals surface area contributed by atoms with Gasteiger partial charge in [-0.05, 0) is 19.3 Å². The number of allylic oxidation sites excluding steroid dienone is 2. The lowest BCUT2D eigenvalue weighted by atomic mass is 10.0. The van der Waals surface area contributed by atoms with Crippen molar-refractivity contribution in [3.8, 4) is 0 Å². The molecule has 0 atom stereocenters. The number of rotatable bonds is 10. The van der Waals surface area contributed by atoms with E-state index in [1.54, 1.807) is 5.57 Å². The first-order chi connectivity index (χ1) is 8.24. The summed E-state index contributed by atoms with van der Waals surface area (Å²) < 4.78 is 0. The Hall–Kier alpha value is -0.980. The number of nitrogens with zero attached hydrogens (tertiary/aromatic N) is 1. The number of hydrogen-bond donors (Lipinski definition) is 0. The second kappa shape index (κ2) is 10.2. The van der Waals surface area contributed by atoms with Gasteiger partial charge in [0.2, 0.25) is 0 Å². The van der Waals surface area contributed by atoms with Gasteiger partial charge in [0.15, 0.2) is 0 Å². The summed E-state index contributed by atoms with van der Waals surface area (Å²) in [6.45, 7) is 16.3. The molecule has 0 N–H and O–H groups in total. The van der Waals surface area contributed by atoms with Gasteiger partial charge in [-0.2, -0.15) is 0 Å². The van der Waals surface area contributed by atoms with Gasteiger partial charge < -0.3 is 4.90 Å². The van der Waals surface area contributed by atoms with Crippen LogP contribution in [0.2, 0.25) is 0 Å². The highest BCUT2D eigenvalue weighted by Crippen LogP contribution is 2.22. The Bertz CT molecular complexity index is 240. The third kappa shape index (κ3) is 5.76. The fourth-order valence-electron chi connectivity index (χ4n) is 2.23. The Balaban J connectivity index is 5.08. The SMILES string of the molecule is C=CCN(CC=C)/C(CCC)=C(\CC)CCC. The molecule has 1 heteroatoms. The highest BCUT2D eigenvalue weighted by atomic mass is 15.1. The largest absolute Gasteiger partial charge is 0.367 e. The lowest BCUT2D eigenvalue weighted by Crippen LogP contribution is -2.24. The van der Waals surface area contributed by atoms with Crippen molar-refractivity contribution in [3.63, 3.8) is 0 Å². The molecule has 0 saturated heterocycles. The molecule has 0 unspecified atom stereocenters. The van der Waals surface area contributed by atoms with Crippen LogP contribution in [0, 0.1) is 0 Å². The average molecular weight is 235 g/mol. The highest BCUT2D eigenvalue weighted by molar-refractivity contribution is 5.15. The van der Waals surface area contributed by atoms with E-state index < -0.39 is 0 Å². The zero-order valence-corrected chi connectivity index (χ0v) is 12.0. The molecule has 0 saturated carbocycles. The molecule has 0 aliphatic heterocycles. The summed E-state index contributed by atoms with van der Waals surface area (Å²) >= 11 is 0. The second-order valence-electron chi connectivity index (χ2n) is 4.39. The predicted molar refractivity (Wildman–Crippen MR) is 79.1 cm³/mol. The first-order valence-corrected chi connectivity index (χ1v) is 6.92. The summed E-state index contributed by atoms with van der Waals surface area (Å²) in [6, 6.07) is 0. The molecule has 0 spiro atoms. The fourth-order valence-corrected chi connectivity index (χ4v) is 2.23. The minimum absolute atomic E-state index is 0.925. The summed E-state index contributed by atoms with van der Waals surface area (Å²) in [7, 11) is 0. The minimum atomic E-state index is 0.925. The quantitative estimate of drug-likeness (QED) is 0.486. The van der Waals surface area contributed by atoms with E-state index in [2.05, 4.69) is 38.8 Å². The molecule has 0 heterocycles. The smallest absolute Gasteiger partial charge is 0.0357 e. The summed E-state index contributed by atoms with van der Waals surface area (Å²) in [5, 5.41) is 0. The van der Waals surface area contributed by atoms with Gasteiger partial charge in [0, 0.05) is 18.8 Å². The molecule has 0 bridgehead atoms. The first-order valence-electron chi connectivity index (χ1n) is 6.92. The molecule has 17 heavy (non-hydrogen) atoms. The van der Waals surface area contributed by atoms with E-state index in [-0.39, 0.29) is 0 Å². The zero-order chi connectivity index (χ0) is 13.1. The molecule has 0 aromatic heterocycles. The van der Waals surface area contributed by atoms with E-state index >= 15 is 0 Å². The molecule has 0 amide bonds. The molecule has 0 aromatic carbocycles. The van der Waals surface area contributed by atoms with Crippen LogP contribution < -0.4 is 0 Å². The van der Waals surface area contributed by atoms with Crippen molar-refractivity contribution >= 4 is 0 Å². The molecule has 1 nitrogen and oxygen atoms in total. The maximum Gasteiger partial charge on any atom is 0.0357 e. The molecule has 0 radical (unpaired) electrons. The summed E-state index contributed by atoms with van der Waals surface area (Å²) in [5.74, 6) is 0. The summed E-state index contributed by atoms with van der Waals surface area (Å²) in [5.41, 5.74) is 3.13. The van der Waals surface area contributed by atoms with Crippen molar-refractivity contribution < 1.29 is 0 Å². The topological polar surface area (TPSA) is 3.24 Å². The maximum absolute atomic E-state index is 3.86. The van der Waals surface area contributed by atoms with Gasteiger partial charge in [0.25, 0.3) is 0 Å². The Morgan fingerprint density at radius 2 is 1.47 bits per heavy atom. The molecule has 0 fully saturated rings. The van der Waals surface area contributed by atoms with E-state index in [9.17, 15) is 0 Å². The van der Waals surface area contributed by atoms with Gasteiger partial charge in [-0.25, -0.2) is 0 Å². The molecule has 0 rings (SSSR count). The highest BCUT2D eigenvalue weighted by Gasteiger charge is 2.10. The van der Waals surface area contributed by atoms with Crippen molar-refractivity contribution in [3.05, 3.63) is 36.6 Å². The molecule has 0 aliphatic carbocycles. The third-order valence-corrected chi connectivity index (χ3v) is 2.95. The van der Waals surface area contributed by atoms with Crippen LogP contribution in [0.1, 0.15) is 52.9 Å². The Kier molecular flexibility index (Phi) is 9.60. The van der Waals surface area contributed by atoms with E-state index in [0.717, 1.165) is 19.5 Å². The van der Waals surface area contributed by atoms with Crippen molar-refractivity contribution in [2.24, 2.45) is 0 Å². The van der Waals surface area contributed by atoms with Gasteiger partial charge in [-0.15, -0.1) is 13.2 Å². The van der Waals surface area contributed by atoms with E-state index in [1.165, 1.54) is 31.4 Å². The monoisotopic (exact) mass is 235 g/mol. The van der Waals surface area contributed by atoms with Gasteiger partial charge in [-0.1, -0.05) is 51.3 Å². The van der Waals surface area contributed by atoms with Crippen molar-refractivity contribution in [1.82, 2.24) is 4.90 Å². The first kappa shape index (κ1) is 16.0. The fraction of sp³-hybridized carbons (Fsp3) is 0.625. The van der Waals surface area contributed by atoms with Crippen LogP contribution in [0.5, 0.6) is 0 Å².